The maximum Gasteiger partial charge on any atom is 0.262 e. The minimum atomic E-state index is -3.65. The van der Waals surface area contributed by atoms with Crippen molar-refractivity contribution >= 4 is 10.0 Å². The summed E-state index contributed by atoms with van der Waals surface area (Å²) >= 11 is 0. The number of hydrogen-bond acceptors (Lipinski definition) is 5. The molecule has 0 aliphatic carbocycles. The number of aliphatic hydroxyl groups excluding tert-OH is 1. The maximum absolute atomic E-state index is 12.7. The van der Waals surface area contributed by atoms with Gasteiger partial charge >= 0.3 is 0 Å². The number of H-pyrrole nitrogens is 1. The van der Waals surface area contributed by atoms with Crippen molar-refractivity contribution in [2.75, 3.05) is 27.2 Å². The van der Waals surface area contributed by atoms with Gasteiger partial charge < -0.3 is 10.0 Å². The summed E-state index contributed by atoms with van der Waals surface area (Å²) in [4.78, 5) is 2.05. The number of nitrogens with zero attached hydrogens (tertiary/aromatic N) is 3. The first-order valence-electron chi connectivity index (χ1n) is 6.69. The fraction of sp³-hybridized carbons (Fsp3) is 0.750. The molecule has 1 unspecified atom stereocenters. The second-order valence-corrected chi connectivity index (χ2v) is 7.27. The van der Waals surface area contributed by atoms with E-state index in [2.05, 4.69) is 10.2 Å². The van der Waals surface area contributed by atoms with Gasteiger partial charge in [0.05, 0.1) is 6.61 Å². The molecule has 2 N–H and O–H groups in total. The number of rotatable bonds is 4. The first-order valence-corrected chi connectivity index (χ1v) is 8.13. The minimum Gasteiger partial charge on any atom is -0.392 e. The number of aryl methyl sites for hydroxylation is 1. The van der Waals surface area contributed by atoms with Crippen LogP contribution in [0.25, 0.3) is 0 Å². The SMILES string of the molecule is Cc1[nH]nc(S(=O)(=O)N2CCCC(N(C)C)C2)c1CO. The van der Waals surface area contributed by atoms with E-state index in [9.17, 15) is 13.5 Å². The number of nitrogens with one attached hydrogen (secondary N) is 1. The summed E-state index contributed by atoms with van der Waals surface area (Å²) in [7, 11) is 0.268. The second kappa shape index (κ2) is 5.80. The Morgan fingerprint density at radius 1 is 1.50 bits per heavy atom. The first-order chi connectivity index (χ1) is 9.37. The van der Waals surface area contributed by atoms with Crippen molar-refractivity contribution in [3.05, 3.63) is 11.3 Å². The van der Waals surface area contributed by atoms with Crippen LogP contribution in [0, 0.1) is 6.92 Å². The summed E-state index contributed by atoms with van der Waals surface area (Å²) in [6.45, 7) is 2.34. The standard InChI is InChI=1S/C12H22N4O3S/c1-9-11(8-17)12(14-13-9)20(18,19)16-6-4-5-10(7-16)15(2)3/h10,17H,4-8H2,1-3H3,(H,13,14). The molecule has 1 aromatic rings. The highest BCUT2D eigenvalue weighted by Crippen LogP contribution is 2.24. The summed E-state index contributed by atoms with van der Waals surface area (Å²) in [5, 5.41) is 15.8. The van der Waals surface area contributed by atoms with Gasteiger partial charge in [-0.25, -0.2) is 8.42 Å². The number of sulfonamides is 1. The predicted molar refractivity (Wildman–Crippen MR) is 74.7 cm³/mol. The van der Waals surface area contributed by atoms with Gasteiger partial charge in [-0.1, -0.05) is 0 Å². The van der Waals surface area contributed by atoms with E-state index < -0.39 is 10.0 Å². The molecule has 1 fully saturated rings. The van der Waals surface area contributed by atoms with Crippen molar-refractivity contribution in [2.45, 2.75) is 37.4 Å². The fourth-order valence-electron chi connectivity index (χ4n) is 2.51. The van der Waals surface area contributed by atoms with Crippen LogP contribution in [0.1, 0.15) is 24.1 Å². The Bertz CT molecular complexity index is 567. The molecule has 1 aromatic heterocycles. The smallest absolute Gasteiger partial charge is 0.262 e. The van der Waals surface area contributed by atoms with Gasteiger partial charge in [0, 0.05) is 30.4 Å². The third-order valence-corrected chi connectivity index (χ3v) is 5.71. The van der Waals surface area contributed by atoms with Gasteiger partial charge in [-0.3, -0.25) is 5.10 Å². The molecule has 114 valence electrons. The Labute approximate surface area is 119 Å². The highest BCUT2D eigenvalue weighted by Gasteiger charge is 2.34. The largest absolute Gasteiger partial charge is 0.392 e. The number of likely N-dealkylation sites (N-methyl/N-ethyl adjacent to an activating group) is 1. The predicted octanol–water partition coefficient (Wildman–Crippen LogP) is -0.0749. The maximum atomic E-state index is 12.7. The third-order valence-electron chi connectivity index (χ3n) is 3.87. The third kappa shape index (κ3) is 2.73. The summed E-state index contributed by atoms with van der Waals surface area (Å²) in [5.74, 6) is 0. The summed E-state index contributed by atoms with van der Waals surface area (Å²) < 4.78 is 26.8. The van der Waals surface area contributed by atoms with E-state index in [-0.39, 0.29) is 17.7 Å². The molecule has 2 heterocycles. The molecule has 1 atom stereocenters. The molecule has 0 saturated carbocycles. The number of aliphatic hydroxyl groups is 1. The van der Waals surface area contributed by atoms with Crippen LogP contribution in [0.15, 0.2) is 5.03 Å². The summed E-state index contributed by atoms with van der Waals surface area (Å²) in [6, 6.07) is 0.219. The number of piperidine rings is 1. The zero-order valence-electron chi connectivity index (χ0n) is 12.1. The first kappa shape index (κ1) is 15.4. The molecule has 1 saturated heterocycles. The Morgan fingerprint density at radius 2 is 2.20 bits per heavy atom. The van der Waals surface area contributed by atoms with Gasteiger partial charge in [0.15, 0.2) is 5.03 Å². The van der Waals surface area contributed by atoms with Crippen molar-refractivity contribution < 1.29 is 13.5 Å². The Hall–Kier alpha value is -0.960. The lowest BCUT2D eigenvalue weighted by molar-refractivity contribution is 0.190. The van der Waals surface area contributed by atoms with Crippen molar-refractivity contribution in [1.29, 1.82) is 0 Å². The normalized spacial score (nSPS) is 21.6. The molecule has 2 rings (SSSR count). The molecule has 0 bridgehead atoms. The van der Waals surface area contributed by atoms with Gasteiger partial charge in [0.2, 0.25) is 0 Å². The van der Waals surface area contributed by atoms with Crippen molar-refractivity contribution in [3.8, 4) is 0 Å². The van der Waals surface area contributed by atoms with Gasteiger partial charge in [-0.2, -0.15) is 9.40 Å². The lowest BCUT2D eigenvalue weighted by atomic mass is 10.1. The number of hydrogen-bond donors (Lipinski definition) is 2. The quantitative estimate of drug-likeness (QED) is 0.812. The van der Waals surface area contributed by atoms with Crippen LogP contribution in [0.4, 0.5) is 0 Å². The van der Waals surface area contributed by atoms with Gasteiger partial charge in [0.1, 0.15) is 0 Å². The van der Waals surface area contributed by atoms with Crippen molar-refractivity contribution in [2.24, 2.45) is 0 Å². The molecular weight excluding hydrogens is 280 g/mol. The molecule has 7 nitrogen and oxygen atoms in total. The topological polar surface area (TPSA) is 89.5 Å². The highest BCUT2D eigenvalue weighted by atomic mass is 32.2. The van der Waals surface area contributed by atoms with E-state index in [1.165, 1.54) is 4.31 Å². The van der Waals surface area contributed by atoms with Crippen LogP contribution in [0.3, 0.4) is 0 Å². The molecule has 1 aliphatic heterocycles. The lowest BCUT2D eigenvalue weighted by Gasteiger charge is -2.35. The van der Waals surface area contributed by atoms with Gasteiger partial charge in [-0.15, -0.1) is 0 Å². The van der Waals surface area contributed by atoms with E-state index in [0.29, 0.717) is 24.3 Å². The van der Waals surface area contributed by atoms with E-state index in [1.807, 2.05) is 19.0 Å². The molecule has 0 spiro atoms. The molecule has 20 heavy (non-hydrogen) atoms. The Balaban J connectivity index is 2.30. The van der Waals surface area contributed by atoms with E-state index in [1.54, 1.807) is 6.92 Å². The Morgan fingerprint density at radius 3 is 2.80 bits per heavy atom. The molecule has 0 aromatic carbocycles. The highest BCUT2D eigenvalue weighted by molar-refractivity contribution is 7.89. The van der Waals surface area contributed by atoms with Crippen LogP contribution in [0.2, 0.25) is 0 Å². The summed E-state index contributed by atoms with van der Waals surface area (Å²) in [6.07, 6.45) is 1.82. The van der Waals surface area contributed by atoms with Crippen molar-refractivity contribution in [3.63, 3.8) is 0 Å². The molecule has 1 aliphatic rings. The van der Waals surface area contributed by atoms with Crippen molar-refractivity contribution in [1.82, 2.24) is 19.4 Å². The van der Waals surface area contributed by atoms with Crippen LogP contribution in [0.5, 0.6) is 0 Å². The number of aromatic nitrogens is 2. The lowest BCUT2D eigenvalue weighted by Crippen LogP contribution is -2.47. The van der Waals surface area contributed by atoms with E-state index >= 15 is 0 Å². The van der Waals surface area contributed by atoms with Crippen LogP contribution >= 0.6 is 0 Å². The average Bonchev–Trinajstić information content (AvgIpc) is 2.80. The molecular formula is C12H22N4O3S. The van der Waals surface area contributed by atoms with Crippen LogP contribution < -0.4 is 0 Å². The van der Waals surface area contributed by atoms with Crippen LogP contribution in [-0.4, -0.2) is 66.2 Å². The van der Waals surface area contributed by atoms with Gasteiger partial charge in [-0.05, 0) is 33.9 Å². The van der Waals surface area contributed by atoms with E-state index in [0.717, 1.165) is 12.8 Å². The van der Waals surface area contributed by atoms with Crippen LogP contribution in [-0.2, 0) is 16.6 Å². The second-order valence-electron chi connectivity index (χ2n) is 5.41. The average molecular weight is 302 g/mol. The zero-order chi connectivity index (χ0) is 14.9. The summed E-state index contributed by atoms with van der Waals surface area (Å²) in [5.41, 5.74) is 0.948. The minimum absolute atomic E-state index is 0.0445. The molecule has 0 amide bonds. The molecule has 0 radical (unpaired) electrons. The Kier molecular flexibility index (Phi) is 4.48. The fourth-order valence-corrected chi connectivity index (χ4v) is 4.18. The number of aromatic amines is 1. The monoisotopic (exact) mass is 302 g/mol. The van der Waals surface area contributed by atoms with Gasteiger partial charge in [0.25, 0.3) is 10.0 Å². The van der Waals surface area contributed by atoms with E-state index in [4.69, 9.17) is 0 Å². The zero-order valence-corrected chi connectivity index (χ0v) is 12.9. The molecule has 8 heteroatoms.